The number of carbonyl (C=O) groups is 2. The molecule has 7 heteroatoms. The van der Waals surface area contributed by atoms with Crippen LogP contribution in [0.3, 0.4) is 0 Å². The molecule has 0 radical (unpaired) electrons. The van der Waals surface area contributed by atoms with Crippen LogP contribution in [0, 0.1) is 11.7 Å². The molecule has 2 aromatic rings. The van der Waals surface area contributed by atoms with Gasteiger partial charge >= 0.3 is 0 Å². The van der Waals surface area contributed by atoms with Crippen molar-refractivity contribution in [1.82, 2.24) is 10.3 Å². The zero-order chi connectivity index (χ0) is 19.9. The summed E-state index contributed by atoms with van der Waals surface area (Å²) in [5, 5.41) is 3.84. The number of hydrogen-bond donors (Lipinski definition) is 1. The number of piperidine rings is 1. The predicted octanol–water partition coefficient (Wildman–Crippen LogP) is 2.84. The van der Waals surface area contributed by atoms with Gasteiger partial charge < -0.3 is 9.64 Å². The van der Waals surface area contributed by atoms with Crippen LogP contribution in [-0.4, -0.2) is 43.1 Å². The summed E-state index contributed by atoms with van der Waals surface area (Å²) in [7, 11) is 1.58. The van der Waals surface area contributed by atoms with E-state index in [9.17, 15) is 14.0 Å². The zero-order valence-corrected chi connectivity index (χ0v) is 15.6. The molecule has 0 aromatic heterocycles. The van der Waals surface area contributed by atoms with E-state index in [0.717, 1.165) is 0 Å². The Morgan fingerprint density at radius 1 is 1.14 bits per heavy atom. The van der Waals surface area contributed by atoms with Gasteiger partial charge in [-0.1, -0.05) is 18.2 Å². The van der Waals surface area contributed by atoms with Gasteiger partial charge in [0.1, 0.15) is 11.6 Å². The standard InChI is InChI=1S/C21H22FN3O3/c1-28-18-8-6-16(7-9-18)21(27)25-12-10-15(11-13-25)20(26)24-23-14-17-4-2-3-5-19(17)22/h2-9,14-15H,10-13H2,1H3,(H,24,26)/b23-14-. The van der Waals surface area contributed by atoms with Gasteiger partial charge in [-0.15, -0.1) is 0 Å². The number of nitrogens with one attached hydrogen (secondary N) is 1. The van der Waals surface area contributed by atoms with E-state index < -0.39 is 5.82 Å². The molecule has 1 aliphatic heterocycles. The number of rotatable bonds is 5. The average molecular weight is 383 g/mol. The lowest BCUT2D eigenvalue weighted by atomic mass is 9.95. The second-order valence-corrected chi connectivity index (χ2v) is 6.55. The van der Waals surface area contributed by atoms with Crippen LogP contribution < -0.4 is 10.2 Å². The fourth-order valence-corrected chi connectivity index (χ4v) is 3.10. The minimum absolute atomic E-state index is 0.0564. The summed E-state index contributed by atoms with van der Waals surface area (Å²) >= 11 is 0. The van der Waals surface area contributed by atoms with E-state index in [2.05, 4.69) is 10.5 Å². The molecule has 2 amide bonds. The van der Waals surface area contributed by atoms with Crippen molar-refractivity contribution in [3.05, 3.63) is 65.5 Å². The van der Waals surface area contributed by atoms with Crippen molar-refractivity contribution >= 4 is 18.0 Å². The van der Waals surface area contributed by atoms with Gasteiger partial charge in [-0.05, 0) is 43.2 Å². The zero-order valence-electron chi connectivity index (χ0n) is 15.6. The van der Waals surface area contributed by atoms with Crippen molar-refractivity contribution in [1.29, 1.82) is 0 Å². The normalized spacial score (nSPS) is 14.9. The van der Waals surface area contributed by atoms with Crippen molar-refractivity contribution in [2.45, 2.75) is 12.8 Å². The number of hydrogen-bond acceptors (Lipinski definition) is 4. The average Bonchev–Trinajstić information content (AvgIpc) is 2.74. The summed E-state index contributed by atoms with van der Waals surface area (Å²) in [4.78, 5) is 26.6. The molecule has 1 aliphatic rings. The Balaban J connectivity index is 1.49. The van der Waals surface area contributed by atoms with Crippen molar-refractivity contribution < 1.29 is 18.7 Å². The van der Waals surface area contributed by atoms with Crippen LogP contribution in [0.1, 0.15) is 28.8 Å². The summed E-state index contributed by atoms with van der Waals surface area (Å²) in [6.07, 6.45) is 2.40. The molecule has 0 aliphatic carbocycles. The lowest BCUT2D eigenvalue weighted by Gasteiger charge is -2.31. The van der Waals surface area contributed by atoms with E-state index in [0.29, 0.717) is 42.8 Å². The smallest absolute Gasteiger partial charge is 0.253 e. The van der Waals surface area contributed by atoms with Crippen LogP contribution in [0.4, 0.5) is 4.39 Å². The molecule has 6 nitrogen and oxygen atoms in total. The Kier molecular flexibility index (Phi) is 6.37. The van der Waals surface area contributed by atoms with Gasteiger partial charge in [-0.2, -0.15) is 5.10 Å². The van der Waals surface area contributed by atoms with Gasteiger partial charge in [0.25, 0.3) is 5.91 Å². The van der Waals surface area contributed by atoms with E-state index in [1.807, 2.05) is 0 Å². The second kappa shape index (κ2) is 9.12. The Bertz CT molecular complexity index is 859. The number of benzene rings is 2. The third-order valence-corrected chi connectivity index (χ3v) is 4.77. The number of hydrazone groups is 1. The van der Waals surface area contributed by atoms with Crippen LogP contribution >= 0.6 is 0 Å². The molecule has 28 heavy (non-hydrogen) atoms. The summed E-state index contributed by atoms with van der Waals surface area (Å²) in [5.41, 5.74) is 3.37. The number of amides is 2. The van der Waals surface area contributed by atoms with Crippen LogP contribution in [-0.2, 0) is 4.79 Å². The molecule has 2 aromatic carbocycles. The molecule has 0 bridgehead atoms. The van der Waals surface area contributed by atoms with Crippen molar-refractivity contribution in [3.8, 4) is 5.75 Å². The maximum atomic E-state index is 13.5. The second-order valence-electron chi connectivity index (χ2n) is 6.55. The van der Waals surface area contributed by atoms with Gasteiger partial charge in [0.15, 0.2) is 0 Å². The van der Waals surface area contributed by atoms with E-state index in [1.54, 1.807) is 54.5 Å². The molecule has 3 rings (SSSR count). The maximum Gasteiger partial charge on any atom is 0.253 e. The minimum Gasteiger partial charge on any atom is -0.497 e. The van der Waals surface area contributed by atoms with E-state index in [1.165, 1.54) is 12.3 Å². The summed E-state index contributed by atoms with van der Waals surface area (Å²) in [5.74, 6) is -0.199. The Morgan fingerprint density at radius 3 is 2.46 bits per heavy atom. The summed E-state index contributed by atoms with van der Waals surface area (Å²) < 4.78 is 18.6. The highest BCUT2D eigenvalue weighted by molar-refractivity contribution is 5.94. The van der Waals surface area contributed by atoms with E-state index in [-0.39, 0.29) is 17.7 Å². The minimum atomic E-state index is -0.397. The van der Waals surface area contributed by atoms with Gasteiger partial charge in [-0.25, -0.2) is 9.82 Å². The monoisotopic (exact) mass is 383 g/mol. The number of ether oxygens (including phenoxy) is 1. The van der Waals surface area contributed by atoms with Gasteiger partial charge in [0.05, 0.1) is 13.3 Å². The first-order valence-electron chi connectivity index (χ1n) is 9.09. The highest BCUT2D eigenvalue weighted by Gasteiger charge is 2.27. The van der Waals surface area contributed by atoms with E-state index >= 15 is 0 Å². The largest absolute Gasteiger partial charge is 0.497 e. The first kappa shape index (κ1) is 19.5. The van der Waals surface area contributed by atoms with Crippen LogP contribution in [0.15, 0.2) is 53.6 Å². The Labute approximate surface area is 163 Å². The van der Waals surface area contributed by atoms with Crippen LogP contribution in [0.5, 0.6) is 5.75 Å². The van der Waals surface area contributed by atoms with Crippen molar-refractivity contribution in [2.75, 3.05) is 20.2 Å². The number of likely N-dealkylation sites (tertiary alicyclic amines) is 1. The molecule has 0 unspecified atom stereocenters. The summed E-state index contributed by atoms with van der Waals surface area (Å²) in [6, 6.07) is 13.2. The van der Waals surface area contributed by atoms with Crippen LogP contribution in [0.25, 0.3) is 0 Å². The molecule has 146 valence electrons. The molecule has 1 saturated heterocycles. The molecule has 1 N–H and O–H groups in total. The third-order valence-electron chi connectivity index (χ3n) is 4.77. The van der Waals surface area contributed by atoms with E-state index in [4.69, 9.17) is 4.74 Å². The van der Waals surface area contributed by atoms with Gasteiger partial charge in [0, 0.05) is 30.1 Å². The molecule has 1 heterocycles. The van der Waals surface area contributed by atoms with Gasteiger partial charge in [-0.3, -0.25) is 9.59 Å². The number of halogens is 1. The SMILES string of the molecule is COc1ccc(C(=O)N2CCC(C(=O)N/N=C\c3ccccc3F)CC2)cc1. The third kappa shape index (κ3) is 4.73. The number of carbonyl (C=O) groups excluding carboxylic acids is 2. The molecular formula is C21H22FN3O3. The Morgan fingerprint density at radius 2 is 1.82 bits per heavy atom. The predicted molar refractivity (Wildman–Crippen MR) is 104 cm³/mol. The first-order valence-corrected chi connectivity index (χ1v) is 9.09. The fraction of sp³-hybridized carbons (Fsp3) is 0.286. The molecule has 0 saturated carbocycles. The van der Waals surface area contributed by atoms with Gasteiger partial charge in [0.2, 0.25) is 5.91 Å². The molecule has 1 fully saturated rings. The molecular weight excluding hydrogens is 361 g/mol. The topological polar surface area (TPSA) is 71.0 Å². The summed E-state index contributed by atoms with van der Waals surface area (Å²) in [6.45, 7) is 1.000. The lowest BCUT2D eigenvalue weighted by molar-refractivity contribution is -0.126. The molecule has 0 atom stereocenters. The Hall–Kier alpha value is -3.22. The maximum absolute atomic E-state index is 13.5. The highest BCUT2D eigenvalue weighted by atomic mass is 19.1. The molecule has 0 spiro atoms. The van der Waals surface area contributed by atoms with Crippen LogP contribution in [0.2, 0.25) is 0 Å². The van der Waals surface area contributed by atoms with Crippen molar-refractivity contribution in [2.24, 2.45) is 11.0 Å². The lowest BCUT2D eigenvalue weighted by Crippen LogP contribution is -2.42. The highest BCUT2D eigenvalue weighted by Crippen LogP contribution is 2.20. The quantitative estimate of drug-likeness (QED) is 0.638. The number of nitrogens with zero attached hydrogens (tertiary/aromatic N) is 2. The first-order chi connectivity index (χ1) is 13.6. The van der Waals surface area contributed by atoms with Crippen molar-refractivity contribution in [3.63, 3.8) is 0 Å². The fourth-order valence-electron chi connectivity index (χ4n) is 3.10. The number of methoxy groups -OCH3 is 1.